The molecule has 0 aliphatic heterocycles. The molecule has 0 bridgehead atoms. The third-order valence-corrected chi connectivity index (χ3v) is 5.44. The summed E-state index contributed by atoms with van der Waals surface area (Å²) in [4.78, 5) is 10.5. The zero-order valence-electron chi connectivity index (χ0n) is 14.1. The lowest BCUT2D eigenvalue weighted by Crippen LogP contribution is -2.36. The smallest absolute Gasteiger partial charge is 0.214 e. The molecule has 0 N–H and O–H groups in total. The van der Waals surface area contributed by atoms with E-state index in [0.717, 1.165) is 23.2 Å². The van der Waals surface area contributed by atoms with E-state index < -0.39 is 0 Å². The van der Waals surface area contributed by atoms with E-state index in [-0.39, 0.29) is 0 Å². The number of rotatable bonds is 6. The van der Waals surface area contributed by atoms with Gasteiger partial charge in [0.15, 0.2) is 0 Å². The molecule has 2 aromatic heterocycles. The third kappa shape index (κ3) is 3.27. The highest BCUT2D eigenvalue weighted by Gasteiger charge is 2.22. The largest absolute Gasteiger partial charge is 0.343 e. The average Bonchev–Trinajstić information content (AvgIpc) is 3.12. The molecule has 0 saturated heterocycles. The lowest BCUT2D eigenvalue weighted by atomic mass is 10.1. The number of aromatic nitrogens is 3. The summed E-state index contributed by atoms with van der Waals surface area (Å²) in [5, 5.41) is 5.87. The van der Waals surface area contributed by atoms with Crippen LogP contribution in [0.5, 0.6) is 0 Å². The second kappa shape index (κ2) is 6.54. The summed E-state index contributed by atoms with van der Waals surface area (Å²) in [6, 6.07) is 0.449. The van der Waals surface area contributed by atoms with Crippen molar-refractivity contribution in [3.05, 3.63) is 11.9 Å². The van der Waals surface area contributed by atoms with E-state index in [0.29, 0.717) is 12.0 Å². The van der Waals surface area contributed by atoms with Crippen LogP contribution in [0.4, 0.5) is 5.13 Å². The molecule has 22 heavy (non-hydrogen) atoms. The minimum atomic E-state index is 0.449. The number of likely N-dealkylation sites (N-methyl/N-ethyl adjacent to an activating group) is 1. The van der Waals surface area contributed by atoms with Crippen molar-refractivity contribution in [1.82, 2.24) is 19.5 Å². The topological polar surface area (TPSA) is 36.7 Å². The summed E-state index contributed by atoms with van der Waals surface area (Å²) in [5.41, 5.74) is 1.24. The van der Waals surface area contributed by atoms with Crippen molar-refractivity contribution in [3.63, 3.8) is 0 Å². The molecule has 0 amide bonds. The van der Waals surface area contributed by atoms with E-state index in [2.05, 4.69) is 43.9 Å². The first-order valence-corrected chi connectivity index (χ1v) is 9.13. The molecule has 1 saturated carbocycles. The van der Waals surface area contributed by atoms with Gasteiger partial charge in [-0.2, -0.15) is 0 Å². The Labute approximate surface area is 136 Å². The standard InChI is InChI=1S/C16H27N5S/c1-12(2)20(10-9-19(3)4)16-18-21-11-14(17-15(21)22-16)13-7-5-6-8-13/h11-13H,5-10H2,1-4H3. The van der Waals surface area contributed by atoms with Crippen molar-refractivity contribution < 1.29 is 0 Å². The first-order chi connectivity index (χ1) is 10.5. The van der Waals surface area contributed by atoms with E-state index in [1.807, 2.05) is 4.52 Å². The maximum absolute atomic E-state index is 4.83. The zero-order chi connectivity index (χ0) is 15.7. The Morgan fingerprint density at radius 3 is 2.59 bits per heavy atom. The lowest BCUT2D eigenvalue weighted by molar-refractivity contribution is 0.408. The van der Waals surface area contributed by atoms with Crippen LogP contribution < -0.4 is 4.90 Å². The number of fused-ring (bicyclic) bond motifs is 1. The van der Waals surface area contributed by atoms with E-state index in [1.54, 1.807) is 11.3 Å². The lowest BCUT2D eigenvalue weighted by Gasteiger charge is -2.27. The number of hydrogen-bond donors (Lipinski definition) is 0. The quantitative estimate of drug-likeness (QED) is 0.818. The summed E-state index contributed by atoms with van der Waals surface area (Å²) in [6.45, 7) is 6.48. The van der Waals surface area contributed by atoms with E-state index in [1.165, 1.54) is 31.4 Å². The maximum Gasteiger partial charge on any atom is 0.214 e. The Bertz CT molecular complexity index is 578. The molecule has 0 unspecified atom stereocenters. The van der Waals surface area contributed by atoms with Crippen LogP contribution >= 0.6 is 11.3 Å². The fraction of sp³-hybridized carbons (Fsp3) is 0.750. The predicted octanol–water partition coefficient (Wildman–Crippen LogP) is 3.22. The fourth-order valence-corrected chi connectivity index (χ4v) is 4.17. The van der Waals surface area contributed by atoms with Crippen molar-refractivity contribution >= 4 is 21.4 Å². The van der Waals surface area contributed by atoms with Crippen LogP contribution in [0.2, 0.25) is 0 Å². The van der Waals surface area contributed by atoms with E-state index in [9.17, 15) is 0 Å². The van der Waals surface area contributed by atoms with Crippen LogP contribution in [0.3, 0.4) is 0 Å². The first kappa shape index (κ1) is 15.7. The highest BCUT2D eigenvalue weighted by molar-refractivity contribution is 7.20. The van der Waals surface area contributed by atoms with Gasteiger partial charge in [-0.25, -0.2) is 9.50 Å². The van der Waals surface area contributed by atoms with Gasteiger partial charge in [-0.3, -0.25) is 0 Å². The van der Waals surface area contributed by atoms with Gasteiger partial charge >= 0.3 is 0 Å². The highest BCUT2D eigenvalue weighted by atomic mass is 32.1. The number of nitrogens with zero attached hydrogens (tertiary/aromatic N) is 5. The summed E-state index contributed by atoms with van der Waals surface area (Å²) in [5.74, 6) is 0.660. The maximum atomic E-state index is 4.83. The van der Waals surface area contributed by atoms with Gasteiger partial charge in [0, 0.05) is 25.0 Å². The van der Waals surface area contributed by atoms with Crippen LogP contribution in [0.1, 0.15) is 51.1 Å². The molecule has 1 fully saturated rings. The Morgan fingerprint density at radius 2 is 2.00 bits per heavy atom. The zero-order valence-corrected chi connectivity index (χ0v) is 14.9. The van der Waals surface area contributed by atoms with Crippen LogP contribution in [0.25, 0.3) is 4.96 Å². The molecule has 0 atom stereocenters. The SMILES string of the molecule is CC(C)N(CCN(C)C)c1nn2cc(C3CCCC3)nc2s1. The molecule has 5 nitrogen and oxygen atoms in total. The van der Waals surface area contributed by atoms with Gasteiger partial charge < -0.3 is 9.80 Å². The Balaban J connectivity index is 1.79. The third-order valence-electron chi connectivity index (χ3n) is 4.48. The van der Waals surface area contributed by atoms with Gasteiger partial charge in [0.25, 0.3) is 0 Å². The molecule has 6 heteroatoms. The second-order valence-corrected chi connectivity index (χ2v) is 7.78. The summed E-state index contributed by atoms with van der Waals surface area (Å²) >= 11 is 1.71. The summed E-state index contributed by atoms with van der Waals surface area (Å²) < 4.78 is 1.98. The van der Waals surface area contributed by atoms with Gasteiger partial charge in [-0.1, -0.05) is 24.2 Å². The molecule has 1 aliphatic rings. The van der Waals surface area contributed by atoms with Gasteiger partial charge in [0.05, 0.1) is 11.9 Å². The molecule has 2 aromatic rings. The first-order valence-electron chi connectivity index (χ1n) is 8.32. The predicted molar refractivity (Wildman–Crippen MR) is 93.1 cm³/mol. The average molecular weight is 321 g/mol. The Morgan fingerprint density at radius 1 is 1.27 bits per heavy atom. The minimum absolute atomic E-state index is 0.449. The van der Waals surface area contributed by atoms with Crippen molar-refractivity contribution in [2.45, 2.75) is 51.5 Å². The van der Waals surface area contributed by atoms with E-state index >= 15 is 0 Å². The van der Waals surface area contributed by atoms with Gasteiger partial charge in [0.1, 0.15) is 0 Å². The Hall–Kier alpha value is -1.14. The minimum Gasteiger partial charge on any atom is -0.343 e. The summed E-state index contributed by atoms with van der Waals surface area (Å²) in [7, 11) is 4.22. The molecule has 122 valence electrons. The highest BCUT2D eigenvalue weighted by Crippen LogP contribution is 2.34. The number of hydrogen-bond acceptors (Lipinski definition) is 5. The summed E-state index contributed by atoms with van der Waals surface area (Å²) in [6.07, 6.45) is 7.42. The van der Waals surface area contributed by atoms with E-state index in [4.69, 9.17) is 10.1 Å². The molecule has 0 spiro atoms. The number of anilines is 1. The van der Waals surface area contributed by atoms with Crippen LogP contribution in [0.15, 0.2) is 6.20 Å². The van der Waals surface area contributed by atoms with Gasteiger partial charge in [-0.05, 0) is 40.8 Å². The monoisotopic (exact) mass is 321 g/mol. The van der Waals surface area contributed by atoms with Gasteiger partial charge in [0.2, 0.25) is 10.1 Å². The number of imidazole rings is 1. The molecule has 2 heterocycles. The van der Waals surface area contributed by atoms with Crippen LogP contribution in [-0.4, -0.2) is 52.7 Å². The molecular weight excluding hydrogens is 294 g/mol. The molecular formula is C16H27N5S. The molecule has 0 radical (unpaired) electrons. The Kier molecular flexibility index (Phi) is 4.68. The van der Waals surface area contributed by atoms with Crippen LogP contribution in [0, 0.1) is 0 Å². The van der Waals surface area contributed by atoms with Crippen molar-refractivity contribution in [2.24, 2.45) is 0 Å². The molecule has 1 aliphatic carbocycles. The van der Waals surface area contributed by atoms with Crippen molar-refractivity contribution in [1.29, 1.82) is 0 Å². The fourth-order valence-electron chi connectivity index (χ4n) is 3.12. The van der Waals surface area contributed by atoms with Crippen molar-refractivity contribution in [2.75, 3.05) is 32.1 Å². The van der Waals surface area contributed by atoms with Crippen molar-refractivity contribution in [3.8, 4) is 0 Å². The molecule has 3 rings (SSSR count). The van der Waals surface area contributed by atoms with Crippen LogP contribution in [-0.2, 0) is 0 Å². The molecule has 0 aromatic carbocycles. The van der Waals surface area contributed by atoms with Gasteiger partial charge in [-0.15, -0.1) is 5.10 Å². The normalized spacial score (nSPS) is 16.5. The second-order valence-electron chi connectivity index (χ2n) is 6.85.